The van der Waals surface area contributed by atoms with Gasteiger partial charge in [0.2, 0.25) is 11.8 Å². The van der Waals surface area contributed by atoms with Crippen molar-refractivity contribution < 1.29 is 28.4 Å². The molecule has 6 aromatic heterocycles. The SMILES string of the molecule is CC(C)Oc1ccc(-c2cc3c(cn2)CCc2c-3[nH]c3c2C(=O)NC2(CCC2)C3)cn1.CC(C)Oc1ccc(B2OC(C)(C)C(C)(C)O2)cn1.O=C1NC2(CCC2)Cc2[nH]c3c(c21)CCc1cnc(Cl)cc1-3. The number of ether oxygens (including phenoxy) is 2. The normalized spacial score (nSPS) is 19.6. The second-order valence-corrected chi connectivity index (χ2v) is 22.7. The molecule has 0 bridgehead atoms. The lowest BCUT2D eigenvalue weighted by molar-refractivity contribution is 0.00578. The van der Waals surface area contributed by atoms with Crippen molar-refractivity contribution >= 4 is 36.0 Å². The summed E-state index contributed by atoms with van der Waals surface area (Å²) < 4.78 is 23.1. The van der Waals surface area contributed by atoms with Crippen LogP contribution in [0.3, 0.4) is 0 Å². The molecule has 14 nitrogen and oxygen atoms in total. The minimum Gasteiger partial charge on any atom is -0.475 e. The van der Waals surface area contributed by atoms with Gasteiger partial charge in [-0.25, -0.2) is 15.0 Å². The number of hydrogen-bond acceptors (Lipinski definition) is 10. The maximum absolute atomic E-state index is 13.0. The molecule has 9 heterocycles. The van der Waals surface area contributed by atoms with Crippen molar-refractivity contribution in [2.24, 2.45) is 0 Å². The first kappa shape index (κ1) is 48.3. The number of nitrogens with one attached hydrogen (secondary N) is 4. The topological polar surface area (TPSA) is 178 Å². The highest BCUT2D eigenvalue weighted by molar-refractivity contribution is 6.62. The molecule has 0 aromatic carbocycles. The van der Waals surface area contributed by atoms with Crippen LogP contribution in [-0.2, 0) is 47.8 Å². The molecular weight excluding hydrogens is 927 g/mol. The largest absolute Gasteiger partial charge is 0.496 e. The zero-order chi connectivity index (χ0) is 50.3. The van der Waals surface area contributed by atoms with Crippen molar-refractivity contribution in [3.05, 3.63) is 111 Å². The summed E-state index contributed by atoms with van der Waals surface area (Å²) in [5.74, 6) is 1.44. The van der Waals surface area contributed by atoms with E-state index in [1.807, 2.05) is 104 Å². The Hall–Kier alpha value is -6.03. The van der Waals surface area contributed by atoms with Gasteiger partial charge in [-0.2, -0.15) is 0 Å². The molecule has 72 heavy (non-hydrogen) atoms. The van der Waals surface area contributed by atoms with Crippen molar-refractivity contribution in [2.45, 2.75) is 167 Å². The van der Waals surface area contributed by atoms with E-state index in [0.29, 0.717) is 16.9 Å². The fourth-order valence-electron chi connectivity index (χ4n) is 11.3. The number of amides is 2. The number of hydrogen-bond donors (Lipinski definition) is 4. The second kappa shape index (κ2) is 18.2. The Bertz CT molecular complexity index is 3070. The number of nitrogens with zero attached hydrogens (tertiary/aromatic N) is 4. The molecule has 3 fully saturated rings. The van der Waals surface area contributed by atoms with Crippen molar-refractivity contribution in [1.29, 1.82) is 0 Å². The standard InChI is InChI=1S/C25H26N4O2.C17H16ClN3O.C14H22BNO3/c1-14(2)31-21-7-5-16(13-27-21)19-10-18-15(12-26-19)4-6-17-22-20(28-23(17)18)11-25(8-3-9-25)29-24(22)30;18-13-6-11-9(8-19-13)2-3-10-14-12(20-15(10)11)7-17(4-1-5-17)21-16(14)22;1-10(2)17-12-8-7-11(9-16-12)15-18-13(3,4)14(5,6)19-15/h5,7,10,12-14,28H,3-4,6,8-9,11H2,1-2H3,(H,29,30);6,8,20H,1-5,7H2,(H,21,22);7-10H,1-6H3. The van der Waals surface area contributed by atoms with Gasteiger partial charge in [0.15, 0.2) is 0 Å². The van der Waals surface area contributed by atoms with Gasteiger partial charge in [0.1, 0.15) is 5.15 Å². The Labute approximate surface area is 426 Å². The van der Waals surface area contributed by atoms with Gasteiger partial charge in [-0.15, -0.1) is 0 Å². The summed E-state index contributed by atoms with van der Waals surface area (Å²) in [6.07, 6.45) is 19.8. The van der Waals surface area contributed by atoms with Crippen molar-refractivity contribution in [1.82, 2.24) is 40.5 Å². The summed E-state index contributed by atoms with van der Waals surface area (Å²) in [4.78, 5) is 50.4. The molecule has 6 aromatic rings. The Balaban J connectivity index is 0.000000121. The first-order chi connectivity index (χ1) is 34.4. The fourth-order valence-corrected chi connectivity index (χ4v) is 11.5. The van der Waals surface area contributed by atoms with E-state index in [2.05, 4.69) is 41.6 Å². The van der Waals surface area contributed by atoms with Crippen LogP contribution in [0.25, 0.3) is 33.8 Å². The van der Waals surface area contributed by atoms with Crippen LogP contribution in [0.5, 0.6) is 11.8 Å². The molecule has 7 aliphatic rings. The smallest absolute Gasteiger partial charge is 0.475 e. The third-order valence-corrected chi connectivity index (χ3v) is 16.2. The lowest BCUT2D eigenvalue weighted by atomic mass is 9.71. The van der Waals surface area contributed by atoms with E-state index in [9.17, 15) is 9.59 Å². The number of halogens is 1. The number of aromatic amines is 2. The molecule has 3 aliphatic heterocycles. The number of rotatable bonds is 6. The Morgan fingerprint density at radius 1 is 0.625 bits per heavy atom. The summed E-state index contributed by atoms with van der Waals surface area (Å²) in [6.45, 7) is 16.1. The highest BCUT2D eigenvalue weighted by Gasteiger charge is 2.52. The number of fused-ring (bicyclic) bond motifs is 10. The molecule has 16 heteroatoms. The van der Waals surface area contributed by atoms with E-state index < -0.39 is 0 Å². The monoisotopic (exact) mass is 990 g/mol. The summed E-state index contributed by atoms with van der Waals surface area (Å²) in [7, 11) is -0.370. The van der Waals surface area contributed by atoms with Gasteiger partial charge in [0.05, 0.1) is 51.6 Å². The lowest BCUT2D eigenvalue weighted by Gasteiger charge is -2.45. The third-order valence-electron chi connectivity index (χ3n) is 16.0. The first-order valence-electron chi connectivity index (χ1n) is 25.8. The maximum atomic E-state index is 13.0. The van der Waals surface area contributed by atoms with Gasteiger partial charge >= 0.3 is 7.12 Å². The average molecular weight is 991 g/mol. The van der Waals surface area contributed by atoms with Crippen LogP contribution in [0.2, 0.25) is 5.15 Å². The summed E-state index contributed by atoms with van der Waals surface area (Å²) >= 11 is 6.07. The molecule has 0 radical (unpaired) electrons. The molecule has 2 spiro atoms. The predicted octanol–water partition coefficient (Wildman–Crippen LogP) is 9.44. The summed E-state index contributed by atoms with van der Waals surface area (Å²) in [6, 6.07) is 11.7. The predicted molar refractivity (Wildman–Crippen MR) is 278 cm³/mol. The Morgan fingerprint density at radius 3 is 1.58 bits per heavy atom. The van der Waals surface area contributed by atoms with E-state index in [-0.39, 0.29) is 53.4 Å². The molecular formula is C56H64BClN8O6. The second-order valence-electron chi connectivity index (χ2n) is 22.3. The number of aromatic nitrogens is 6. The summed E-state index contributed by atoms with van der Waals surface area (Å²) in [5.41, 5.74) is 15.2. The Kier molecular flexibility index (Phi) is 12.2. The van der Waals surface area contributed by atoms with Gasteiger partial charge < -0.3 is 39.4 Å². The van der Waals surface area contributed by atoms with Crippen molar-refractivity contribution in [3.8, 4) is 45.5 Å². The molecule has 1 saturated heterocycles. The van der Waals surface area contributed by atoms with E-state index in [4.69, 9.17) is 35.4 Å². The minimum absolute atomic E-state index is 0.0102. The zero-order valence-electron chi connectivity index (χ0n) is 42.6. The summed E-state index contributed by atoms with van der Waals surface area (Å²) in [5, 5.41) is 7.07. The van der Waals surface area contributed by atoms with Gasteiger partial charge in [-0.1, -0.05) is 17.7 Å². The van der Waals surface area contributed by atoms with Gasteiger partial charge in [-0.05, 0) is 166 Å². The van der Waals surface area contributed by atoms with Crippen LogP contribution in [0, 0.1) is 0 Å². The van der Waals surface area contributed by atoms with Crippen LogP contribution in [0.4, 0.5) is 0 Å². The number of carbonyl (C=O) groups is 2. The van der Waals surface area contributed by atoms with Crippen molar-refractivity contribution in [2.75, 3.05) is 0 Å². The molecule has 4 aliphatic carbocycles. The van der Waals surface area contributed by atoms with Crippen LogP contribution >= 0.6 is 11.6 Å². The van der Waals surface area contributed by atoms with Crippen molar-refractivity contribution in [3.63, 3.8) is 0 Å². The van der Waals surface area contributed by atoms with Crippen LogP contribution in [0.15, 0.2) is 61.2 Å². The highest BCUT2D eigenvalue weighted by atomic mass is 35.5. The highest BCUT2D eigenvalue weighted by Crippen LogP contribution is 2.46. The number of H-pyrrole nitrogens is 2. The van der Waals surface area contributed by atoms with E-state index in [1.165, 1.54) is 24.0 Å². The third kappa shape index (κ3) is 8.89. The molecule has 2 amide bonds. The molecule has 0 atom stereocenters. The quantitative estimate of drug-likeness (QED) is 0.0929. The van der Waals surface area contributed by atoms with Gasteiger partial charge in [-0.3, -0.25) is 14.6 Å². The van der Waals surface area contributed by atoms with E-state index in [0.717, 1.165) is 137 Å². The van der Waals surface area contributed by atoms with Crippen LogP contribution in [-0.4, -0.2) is 83.3 Å². The first-order valence-corrected chi connectivity index (χ1v) is 26.1. The molecule has 2 saturated carbocycles. The lowest BCUT2D eigenvalue weighted by Crippen LogP contribution is -2.58. The van der Waals surface area contributed by atoms with Crippen LogP contribution < -0.4 is 25.6 Å². The van der Waals surface area contributed by atoms with Gasteiger partial charge in [0, 0.05) is 88.3 Å². The Morgan fingerprint density at radius 2 is 1.12 bits per heavy atom. The van der Waals surface area contributed by atoms with Gasteiger partial charge in [0.25, 0.3) is 11.8 Å². The minimum atomic E-state index is -0.370. The molecule has 0 unspecified atom stereocenters. The maximum Gasteiger partial charge on any atom is 0.496 e. The molecule has 13 rings (SSSR count). The van der Waals surface area contributed by atoms with Crippen LogP contribution in [0.1, 0.15) is 148 Å². The van der Waals surface area contributed by atoms with E-state index in [1.54, 1.807) is 6.20 Å². The number of aryl methyl sites for hydroxylation is 2. The zero-order valence-corrected chi connectivity index (χ0v) is 43.4. The fraction of sp³-hybridized carbons (Fsp3) is 0.464. The number of carbonyl (C=O) groups excluding carboxylic acids is 2. The molecule has 374 valence electrons. The molecule has 4 N–H and O–H groups in total. The average Bonchev–Trinajstić information content (AvgIpc) is 3.96. The van der Waals surface area contributed by atoms with E-state index >= 15 is 0 Å². The number of pyridine rings is 4.